The third-order valence-electron chi connectivity index (χ3n) is 12.9. The third kappa shape index (κ3) is 13.6. The van der Waals surface area contributed by atoms with Crippen LogP contribution < -0.4 is 21.9 Å². The smallest absolute Gasteiger partial charge is 0.194 e. The average molecular weight is 1210 g/mol. The summed E-state index contributed by atoms with van der Waals surface area (Å²) in [4.78, 5) is 1.77. The number of benzene rings is 8. The summed E-state index contributed by atoms with van der Waals surface area (Å²) >= 11 is 0. The molecule has 0 heterocycles. The van der Waals surface area contributed by atoms with Crippen molar-refractivity contribution in [2.75, 3.05) is 0 Å². The molecule has 0 spiro atoms. The molecule has 0 aromatic heterocycles. The van der Waals surface area contributed by atoms with Gasteiger partial charge >= 0.3 is 49.4 Å². The highest BCUT2D eigenvalue weighted by molar-refractivity contribution is 8.02. The predicted octanol–water partition coefficient (Wildman–Crippen LogP) is 17.2. The van der Waals surface area contributed by atoms with E-state index in [0.717, 1.165) is 15.4 Å². The SMILES string of the molecule is FC(F)(F)c1cc([B-](c2cc(C(F)(F)F)cc(C(F)(F)F)c2)(c2cc(C(F)(F)F)cc(C(F)(F)F)c2)c2cc(C(F)(F)F)cc(C(F)(F)F)c2)cc(C(F)(F)F)c1.O=[S+](Cc1ccc2ccccc2c1)(c1ccccc1)c1ccccc1. The van der Waals surface area contributed by atoms with E-state index in [0.29, 0.717) is 5.75 Å². The van der Waals surface area contributed by atoms with Gasteiger partial charge in [0.05, 0.1) is 44.5 Å². The summed E-state index contributed by atoms with van der Waals surface area (Å²) in [5, 5.41) is 2.39. The lowest BCUT2D eigenvalue weighted by Gasteiger charge is -2.46. The molecule has 27 heteroatoms. The molecule has 434 valence electrons. The van der Waals surface area contributed by atoms with Crippen molar-refractivity contribution in [1.29, 1.82) is 0 Å². The minimum Gasteiger partial charge on any atom is -0.194 e. The molecular weight excluding hydrogens is 1180 g/mol. The van der Waals surface area contributed by atoms with Crippen LogP contribution in [0.2, 0.25) is 0 Å². The van der Waals surface area contributed by atoms with Gasteiger partial charge in [-0.25, -0.2) is 0 Å². The minimum atomic E-state index is -6.13. The summed E-state index contributed by atoms with van der Waals surface area (Å²) in [7, 11) is -2.37. The normalized spacial score (nSPS) is 13.5. The Morgan fingerprint density at radius 3 is 0.744 bits per heavy atom. The first-order valence-corrected chi connectivity index (χ1v) is 24.7. The molecule has 0 saturated heterocycles. The molecule has 8 aromatic carbocycles. The van der Waals surface area contributed by atoms with Crippen molar-refractivity contribution >= 4 is 48.7 Å². The first-order chi connectivity index (χ1) is 37.5. The highest BCUT2D eigenvalue weighted by atomic mass is 32.2. The molecule has 0 saturated carbocycles. The minimum absolute atomic E-state index is 0.506. The van der Waals surface area contributed by atoms with Gasteiger partial charge in [-0.1, -0.05) is 126 Å². The van der Waals surface area contributed by atoms with Crippen LogP contribution in [0, 0.1) is 0 Å². The van der Waals surface area contributed by atoms with Gasteiger partial charge in [0.25, 0.3) is 0 Å². The lowest BCUT2D eigenvalue weighted by molar-refractivity contribution is -0.144. The van der Waals surface area contributed by atoms with Gasteiger partial charge in [0.1, 0.15) is 11.9 Å². The quantitative estimate of drug-likeness (QED) is 0.0842. The highest BCUT2D eigenvalue weighted by Gasteiger charge is 2.47. The molecule has 0 bridgehead atoms. The van der Waals surface area contributed by atoms with Gasteiger partial charge in [0.2, 0.25) is 0 Å². The standard InChI is InChI=1S/C32H12BF24.C23H19OS/c34-25(35,36)13-1-14(26(37,38)39)6-21(5-13)33(22-7-15(27(40,41)42)2-16(8-22)28(43,44)45,23-9-17(29(46,47)48)3-18(10-23)30(49,50)51)24-11-19(31(52,53)54)4-20(12-24)32(55,56)57;24-25(22-11-3-1-4-12-22,23-13-5-2-6-14-23)18-19-15-16-20-9-7-8-10-21(20)17-19/h1-12H;1-17H,18H2/q-1;+1. The van der Waals surface area contributed by atoms with Gasteiger partial charge < -0.3 is 0 Å². The van der Waals surface area contributed by atoms with E-state index in [4.69, 9.17) is 0 Å². The van der Waals surface area contributed by atoms with E-state index >= 15 is 0 Å². The van der Waals surface area contributed by atoms with E-state index in [2.05, 4.69) is 30.3 Å². The number of fused-ring (bicyclic) bond motifs is 1. The molecule has 82 heavy (non-hydrogen) atoms. The molecular formula is C55H31BF24OS. The fourth-order valence-corrected chi connectivity index (χ4v) is 11.7. The van der Waals surface area contributed by atoms with Crippen LogP contribution in [-0.4, -0.2) is 6.15 Å². The predicted molar refractivity (Wildman–Crippen MR) is 255 cm³/mol. The van der Waals surface area contributed by atoms with Crippen LogP contribution >= 0.6 is 0 Å². The summed E-state index contributed by atoms with van der Waals surface area (Å²) in [6.07, 6.45) is -54.8. The van der Waals surface area contributed by atoms with Crippen LogP contribution in [-0.2, 0) is 69.3 Å². The number of hydrogen-bond donors (Lipinski definition) is 0. The van der Waals surface area contributed by atoms with Gasteiger partial charge in [-0.2, -0.15) is 127 Å². The maximum Gasteiger partial charge on any atom is 0.416 e. The molecule has 0 amide bonds. The Balaban J connectivity index is 0.000000318. The topological polar surface area (TPSA) is 17.1 Å². The Kier molecular flexibility index (Phi) is 16.5. The van der Waals surface area contributed by atoms with Crippen molar-refractivity contribution in [3.63, 3.8) is 0 Å². The molecule has 8 aromatic rings. The summed E-state index contributed by atoms with van der Waals surface area (Å²) in [6.45, 7) is 0. The number of alkyl halides is 24. The zero-order valence-corrected chi connectivity index (χ0v) is 41.2. The molecule has 0 unspecified atom stereocenters. The summed E-state index contributed by atoms with van der Waals surface area (Å²) in [5.41, 5.74) is -29.1. The van der Waals surface area contributed by atoms with Gasteiger partial charge in [0, 0.05) is 5.56 Å². The molecule has 0 aliphatic heterocycles. The lowest BCUT2D eigenvalue weighted by Crippen LogP contribution is -2.75. The molecule has 0 atom stereocenters. The Morgan fingerprint density at radius 1 is 0.268 bits per heavy atom. The maximum atomic E-state index is 14.2. The molecule has 0 aliphatic carbocycles. The van der Waals surface area contributed by atoms with Crippen molar-refractivity contribution in [3.8, 4) is 0 Å². The number of halogens is 24. The van der Waals surface area contributed by atoms with Crippen molar-refractivity contribution in [2.24, 2.45) is 0 Å². The monoisotopic (exact) mass is 1210 g/mol. The van der Waals surface area contributed by atoms with Gasteiger partial charge in [-0.3, -0.25) is 0 Å². The van der Waals surface area contributed by atoms with E-state index in [-0.39, 0.29) is 0 Å². The lowest BCUT2D eigenvalue weighted by atomic mass is 9.12. The van der Waals surface area contributed by atoms with Gasteiger partial charge in [-0.15, -0.1) is 0 Å². The van der Waals surface area contributed by atoms with Crippen LogP contribution in [0.4, 0.5) is 105 Å². The Hall–Kier alpha value is -7.45. The summed E-state index contributed by atoms with van der Waals surface area (Å²) < 4.78 is 355. The number of hydrogen-bond acceptors (Lipinski definition) is 1. The first kappa shape index (κ1) is 62.2. The molecule has 0 fully saturated rings. The zero-order valence-electron chi connectivity index (χ0n) is 40.4. The molecule has 0 aliphatic rings. The number of rotatable bonds is 8. The third-order valence-corrected chi connectivity index (χ3v) is 15.7. The largest absolute Gasteiger partial charge is 0.416 e. The Morgan fingerprint density at radius 2 is 0.500 bits per heavy atom. The highest BCUT2D eigenvalue weighted by Crippen LogP contribution is 2.42. The van der Waals surface area contributed by atoms with Crippen LogP contribution in [0.5, 0.6) is 0 Å². The Bertz CT molecular complexity index is 3170. The van der Waals surface area contributed by atoms with Crippen LogP contribution in [0.1, 0.15) is 50.1 Å². The molecule has 8 rings (SSSR count). The first-order valence-electron chi connectivity index (χ1n) is 23.0. The van der Waals surface area contributed by atoms with Crippen LogP contribution in [0.3, 0.4) is 0 Å². The van der Waals surface area contributed by atoms with Crippen molar-refractivity contribution in [3.05, 3.63) is 226 Å². The van der Waals surface area contributed by atoms with E-state index < -0.39 is 205 Å². The molecule has 1 nitrogen and oxygen atoms in total. The van der Waals surface area contributed by atoms with Crippen molar-refractivity contribution in [1.82, 2.24) is 0 Å². The average Bonchev–Trinajstić information content (AvgIpc) is 3.41. The van der Waals surface area contributed by atoms with Crippen LogP contribution in [0.15, 0.2) is 186 Å². The fraction of sp³-hybridized carbons (Fsp3) is 0.164. The van der Waals surface area contributed by atoms with E-state index in [1.165, 1.54) is 10.8 Å². The molecule has 0 radical (unpaired) electrons. The van der Waals surface area contributed by atoms with Crippen molar-refractivity contribution in [2.45, 2.75) is 65.0 Å². The second kappa shape index (κ2) is 21.7. The van der Waals surface area contributed by atoms with Crippen molar-refractivity contribution < 1.29 is 110 Å². The van der Waals surface area contributed by atoms with Gasteiger partial charge in [0.15, 0.2) is 19.7 Å². The van der Waals surface area contributed by atoms with E-state index in [1.807, 2.05) is 72.8 Å². The fourth-order valence-electron chi connectivity index (χ4n) is 9.22. The Labute approximate surface area is 448 Å². The second-order valence-corrected chi connectivity index (χ2v) is 20.9. The summed E-state index contributed by atoms with van der Waals surface area (Å²) in [6, 6.07) is 25.5. The zero-order chi connectivity index (χ0) is 61.0. The van der Waals surface area contributed by atoms with E-state index in [1.54, 1.807) is 0 Å². The second-order valence-electron chi connectivity index (χ2n) is 18.4. The summed E-state index contributed by atoms with van der Waals surface area (Å²) in [5.74, 6) is 0.506. The van der Waals surface area contributed by atoms with Gasteiger partial charge in [-0.05, 0) is 65.4 Å². The van der Waals surface area contributed by atoms with E-state index in [9.17, 15) is 110 Å². The maximum absolute atomic E-state index is 14.2. The van der Waals surface area contributed by atoms with Crippen LogP contribution in [0.25, 0.3) is 10.8 Å². The molecule has 0 N–H and O–H groups in total.